The van der Waals surface area contributed by atoms with Crippen LogP contribution in [0.2, 0.25) is 0 Å². The van der Waals surface area contributed by atoms with Gasteiger partial charge in [-0.2, -0.15) is 5.26 Å². The van der Waals surface area contributed by atoms with Gasteiger partial charge in [0.25, 0.3) is 0 Å². The van der Waals surface area contributed by atoms with Crippen LogP contribution in [0, 0.1) is 17.2 Å². The number of methoxy groups -OCH3 is 1. The van der Waals surface area contributed by atoms with E-state index in [0.717, 1.165) is 38.0 Å². The first-order chi connectivity index (χ1) is 13.1. The van der Waals surface area contributed by atoms with E-state index in [1.54, 1.807) is 13.2 Å². The van der Waals surface area contributed by atoms with E-state index in [1.807, 2.05) is 18.2 Å². The number of benzene rings is 1. The lowest BCUT2D eigenvalue weighted by Crippen LogP contribution is -2.34. The van der Waals surface area contributed by atoms with Gasteiger partial charge >= 0.3 is 5.97 Å². The fourth-order valence-corrected chi connectivity index (χ4v) is 3.21. The van der Waals surface area contributed by atoms with E-state index >= 15 is 0 Å². The molecule has 1 aromatic heterocycles. The number of carboxylic acids is 1. The van der Waals surface area contributed by atoms with Gasteiger partial charge in [0, 0.05) is 13.1 Å². The van der Waals surface area contributed by atoms with Gasteiger partial charge in [-0.1, -0.05) is 6.07 Å². The average molecular weight is 370 g/mol. The minimum Gasteiger partial charge on any atom is -0.493 e. The third-order valence-corrected chi connectivity index (χ3v) is 4.56. The molecular weight excluding hydrogens is 348 g/mol. The van der Waals surface area contributed by atoms with Crippen molar-refractivity contribution in [1.82, 2.24) is 4.90 Å². The lowest BCUT2D eigenvalue weighted by molar-refractivity contribution is 0.0658. The Hall–Kier alpha value is -2.98. The standard InChI is InChI=1S/C20H22N2O5/c1-25-19-9-14(11-22-8-2-3-15(10-21)12-22)4-6-17(19)26-13-16-5-7-18(27-16)20(23)24/h4-7,9,15H,2-3,8,11-13H2,1H3,(H,23,24)/t15-/m0/s1. The molecule has 1 atom stereocenters. The fraction of sp³-hybridized carbons (Fsp3) is 0.400. The van der Waals surface area contributed by atoms with E-state index in [0.29, 0.717) is 17.3 Å². The molecule has 1 aliphatic heterocycles. The molecular formula is C20H22N2O5. The second kappa shape index (κ2) is 8.60. The highest BCUT2D eigenvalue weighted by Gasteiger charge is 2.20. The van der Waals surface area contributed by atoms with Gasteiger partial charge in [-0.3, -0.25) is 4.90 Å². The van der Waals surface area contributed by atoms with E-state index in [-0.39, 0.29) is 18.3 Å². The summed E-state index contributed by atoms with van der Waals surface area (Å²) in [6, 6.07) is 11.1. The highest BCUT2D eigenvalue weighted by atomic mass is 16.5. The van der Waals surface area contributed by atoms with Crippen LogP contribution in [0.3, 0.4) is 0 Å². The van der Waals surface area contributed by atoms with Crippen LogP contribution >= 0.6 is 0 Å². The van der Waals surface area contributed by atoms with E-state index in [1.165, 1.54) is 6.07 Å². The van der Waals surface area contributed by atoms with Gasteiger partial charge in [0.05, 0.1) is 19.1 Å². The molecule has 0 aliphatic carbocycles. The first-order valence-electron chi connectivity index (χ1n) is 8.82. The molecule has 2 aromatic rings. The Balaban J connectivity index is 1.63. The molecule has 0 unspecified atom stereocenters. The third-order valence-electron chi connectivity index (χ3n) is 4.56. The number of carboxylic acid groups (broad SMARTS) is 1. The first-order valence-corrected chi connectivity index (χ1v) is 8.82. The Labute approximate surface area is 157 Å². The fourth-order valence-electron chi connectivity index (χ4n) is 3.21. The predicted molar refractivity (Wildman–Crippen MR) is 96.6 cm³/mol. The normalized spacial score (nSPS) is 17.3. The molecule has 1 N–H and O–H groups in total. The van der Waals surface area contributed by atoms with Gasteiger partial charge in [0.2, 0.25) is 5.76 Å². The lowest BCUT2D eigenvalue weighted by Gasteiger charge is -2.29. The Bertz CT molecular complexity index is 839. The number of hydrogen-bond acceptors (Lipinski definition) is 6. The monoisotopic (exact) mass is 370 g/mol. The average Bonchev–Trinajstić information content (AvgIpc) is 3.16. The van der Waals surface area contributed by atoms with Crippen LogP contribution in [0.25, 0.3) is 0 Å². The number of ether oxygens (including phenoxy) is 2. The van der Waals surface area contributed by atoms with Crippen molar-refractivity contribution in [3.05, 3.63) is 47.4 Å². The summed E-state index contributed by atoms with van der Waals surface area (Å²) >= 11 is 0. The van der Waals surface area contributed by atoms with Crippen molar-refractivity contribution in [2.45, 2.75) is 26.0 Å². The minimum absolute atomic E-state index is 0.104. The summed E-state index contributed by atoms with van der Waals surface area (Å²) in [6.45, 7) is 2.65. The van der Waals surface area contributed by atoms with Crippen LogP contribution in [0.5, 0.6) is 11.5 Å². The Kier molecular flexibility index (Phi) is 5.99. The maximum absolute atomic E-state index is 10.9. The van der Waals surface area contributed by atoms with Crippen molar-refractivity contribution in [2.24, 2.45) is 5.92 Å². The first kappa shape index (κ1) is 18.8. The molecule has 0 radical (unpaired) electrons. The van der Waals surface area contributed by atoms with Gasteiger partial charge in [-0.15, -0.1) is 0 Å². The maximum atomic E-state index is 10.9. The highest BCUT2D eigenvalue weighted by molar-refractivity contribution is 5.84. The van der Waals surface area contributed by atoms with E-state index in [2.05, 4.69) is 11.0 Å². The molecule has 7 nitrogen and oxygen atoms in total. The quantitative estimate of drug-likeness (QED) is 0.799. The molecule has 0 spiro atoms. The lowest BCUT2D eigenvalue weighted by atomic mass is 9.99. The number of piperidine rings is 1. The Morgan fingerprint density at radius 3 is 2.93 bits per heavy atom. The van der Waals surface area contributed by atoms with Crippen molar-refractivity contribution in [1.29, 1.82) is 5.26 Å². The van der Waals surface area contributed by atoms with Crippen LogP contribution in [-0.2, 0) is 13.2 Å². The maximum Gasteiger partial charge on any atom is 0.371 e. The van der Waals surface area contributed by atoms with Crippen molar-refractivity contribution >= 4 is 5.97 Å². The summed E-state index contributed by atoms with van der Waals surface area (Å²) in [4.78, 5) is 13.1. The zero-order chi connectivity index (χ0) is 19.2. The smallest absolute Gasteiger partial charge is 0.371 e. The largest absolute Gasteiger partial charge is 0.493 e. The summed E-state index contributed by atoms with van der Waals surface area (Å²) in [7, 11) is 1.58. The minimum atomic E-state index is -1.11. The molecule has 27 heavy (non-hydrogen) atoms. The number of hydrogen-bond donors (Lipinski definition) is 1. The Morgan fingerprint density at radius 2 is 2.22 bits per heavy atom. The second-order valence-electron chi connectivity index (χ2n) is 6.55. The molecule has 1 saturated heterocycles. The number of rotatable bonds is 7. The second-order valence-corrected chi connectivity index (χ2v) is 6.55. The molecule has 0 saturated carbocycles. The van der Waals surface area contributed by atoms with Gasteiger partial charge in [0.15, 0.2) is 11.5 Å². The molecule has 0 bridgehead atoms. The molecule has 2 heterocycles. The summed E-state index contributed by atoms with van der Waals surface area (Å²) in [5.74, 6) is 0.462. The molecule has 142 valence electrons. The van der Waals surface area contributed by atoms with Crippen LogP contribution in [-0.4, -0.2) is 36.2 Å². The zero-order valence-electron chi connectivity index (χ0n) is 15.2. The predicted octanol–water partition coefficient (Wildman–Crippen LogP) is 3.30. The number of carbonyl (C=O) groups is 1. The topological polar surface area (TPSA) is 95.9 Å². The van der Waals surface area contributed by atoms with E-state index < -0.39 is 5.97 Å². The van der Waals surface area contributed by atoms with Crippen LogP contribution in [0.4, 0.5) is 0 Å². The number of nitriles is 1. The molecule has 1 aliphatic rings. The van der Waals surface area contributed by atoms with Crippen LogP contribution in [0.1, 0.15) is 34.7 Å². The van der Waals surface area contributed by atoms with Gasteiger partial charge < -0.3 is 19.0 Å². The van der Waals surface area contributed by atoms with Gasteiger partial charge in [-0.25, -0.2) is 4.79 Å². The summed E-state index contributed by atoms with van der Waals surface area (Å²) in [5.41, 5.74) is 1.09. The number of likely N-dealkylation sites (tertiary alicyclic amines) is 1. The number of aromatic carboxylic acids is 1. The number of nitrogens with zero attached hydrogens (tertiary/aromatic N) is 2. The Morgan fingerprint density at radius 1 is 1.37 bits per heavy atom. The van der Waals surface area contributed by atoms with Crippen molar-refractivity contribution in [3.63, 3.8) is 0 Å². The van der Waals surface area contributed by atoms with E-state index in [4.69, 9.17) is 24.3 Å². The number of furan rings is 1. The summed E-state index contributed by atoms with van der Waals surface area (Å²) in [6.07, 6.45) is 2.01. The molecule has 3 rings (SSSR count). The highest BCUT2D eigenvalue weighted by Crippen LogP contribution is 2.30. The van der Waals surface area contributed by atoms with Crippen LogP contribution in [0.15, 0.2) is 34.7 Å². The molecule has 1 fully saturated rings. The van der Waals surface area contributed by atoms with Crippen molar-refractivity contribution in [3.8, 4) is 17.6 Å². The molecule has 0 amide bonds. The van der Waals surface area contributed by atoms with Crippen LogP contribution < -0.4 is 9.47 Å². The third kappa shape index (κ3) is 4.80. The SMILES string of the molecule is COc1cc(CN2CCC[C@@H](C#N)C2)ccc1OCc1ccc(C(=O)O)o1. The zero-order valence-corrected chi connectivity index (χ0v) is 15.2. The molecule has 1 aromatic carbocycles. The molecule has 7 heteroatoms. The van der Waals surface area contributed by atoms with Gasteiger partial charge in [0.1, 0.15) is 12.4 Å². The summed E-state index contributed by atoms with van der Waals surface area (Å²) < 4.78 is 16.3. The van der Waals surface area contributed by atoms with Crippen molar-refractivity contribution < 1.29 is 23.8 Å². The summed E-state index contributed by atoms with van der Waals surface area (Å²) in [5, 5.41) is 18.0. The van der Waals surface area contributed by atoms with Crippen molar-refractivity contribution in [2.75, 3.05) is 20.2 Å². The van der Waals surface area contributed by atoms with Gasteiger partial charge in [-0.05, 0) is 49.2 Å². The van der Waals surface area contributed by atoms with E-state index in [9.17, 15) is 4.79 Å².